The fourth-order valence-corrected chi connectivity index (χ4v) is 2.15. The summed E-state index contributed by atoms with van der Waals surface area (Å²) >= 11 is 0. The third-order valence-electron chi connectivity index (χ3n) is 3.17. The van der Waals surface area contributed by atoms with Crippen molar-refractivity contribution >= 4 is 5.91 Å². The topological polar surface area (TPSA) is 56.2 Å². The van der Waals surface area contributed by atoms with Crippen LogP contribution in [0.2, 0.25) is 0 Å². The van der Waals surface area contributed by atoms with Gasteiger partial charge in [-0.1, -0.05) is 0 Å². The minimum Gasteiger partial charge on any atom is -0.493 e. The lowest BCUT2D eigenvalue weighted by atomic mass is 10.1. The fraction of sp³-hybridized carbons (Fsp3) is 0.286. The first-order valence-corrected chi connectivity index (χ1v) is 6.32. The highest BCUT2D eigenvalue weighted by Crippen LogP contribution is 2.25. The Morgan fingerprint density at radius 2 is 2.42 bits per heavy atom. The zero-order valence-corrected chi connectivity index (χ0v) is 10.5. The number of rotatable bonds is 4. The monoisotopic (exact) mass is 257 g/mol. The molecule has 1 aliphatic heterocycles. The van der Waals surface area contributed by atoms with E-state index >= 15 is 0 Å². The number of hydrogen-bond donors (Lipinski definition) is 1. The van der Waals surface area contributed by atoms with E-state index in [1.807, 2.05) is 22.9 Å². The normalized spacial score (nSPS) is 12.8. The van der Waals surface area contributed by atoms with Crippen LogP contribution in [0.1, 0.15) is 15.9 Å². The lowest BCUT2D eigenvalue weighted by Crippen LogP contribution is -2.27. The molecule has 5 nitrogen and oxygen atoms in total. The number of imidazole rings is 1. The van der Waals surface area contributed by atoms with Crippen molar-refractivity contribution in [3.05, 3.63) is 48.0 Å². The third kappa shape index (κ3) is 2.59. The van der Waals surface area contributed by atoms with E-state index in [4.69, 9.17) is 4.74 Å². The Balaban J connectivity index is 1.58. The Morgan fingerprint density at radius 1 is 1.47 bits per heavy atom. The van der Waals surface area contributed by atoms with Crippen LogP contribution < -0.4 is 10.1 Å². The molecule has 0 saturated heterocycles. The molecular weight excluding hydrogens is 242 g/mol. The zero-order chi connectivity index (χ0) is 13.1. The SMILES string of the molecule is O=C(NCCn1ccnc1)c1ccc2c(c1)CCO2. The summed E-state index contributed by atoms with van der Waals surface area (Å²) in [5.41, 5.74) is 1.80. The molecule has 19 heavy (non-hydrogen) atoms. The molecule has 3 rings (SSSR count). The first-order chi connectivity index (χ1) is 9.33. The van der Waals surface area contributed by atoms with Gasteiger partial charge in [0.2, 0.25) is 0 Å². The van der Waals surface area contributed by atoms with Crippen molar-refractivity contribution in [1.29, 1.82) is 0 Å². The van der Waals surface area contributed by atoms with Gasteiger partial charge in [0.25, 0.3) is 5.91 Å². The maximum atomic E-state index is 12.0. The number of amides is 1. The molecule has 1 aliphatic rings. The van der Waals surface area contributed by atoms with Crippen molar-refractivity contribution in [2.75, 3.05) is 13.2 Å². The Morgan fingerprint density at radius 3 is 3.26 bits per heavy atom. The van der Waals surface area contributed by atoms with Crippen molar-refractivity contribution < 1.29 is 9.53 Å². The van der Waals surface area contributed by atoms with Crippen molar-refractivity contribution in [3.8, 4) is 5.75 Å². The Bertz CT molecular complexity index is 578. The first kappa shape index (κ1) is 11.8. The second kappa shape index (κ2) is 5.14. The highest BCUT2D eigenvalue weighted by molar-refractivity contribution is 5.94. The molecule has 1 aromatic carbocycles. The van der Waals surface area contributed by atoms with Crippen LogP contribution in [-0.4, -0.2) is 28.6 Å². The van der Waals surface area contributed by atoms with E-state index in [0.717, 1.165) is 24.3 Å². The van der Waals surface area contributed by atoms with Crippen molar-refractivity contribution in [3.63, 3.8) is 0 Å². The third-order valence-corrected chi connectivity index (χ3v) is 3.17. The van der Waals surface area contributed by atoms with Crippen LogP contribution in [0.25, 0.3) is 0 Å². The predicted octanol–water partition coefficient (Wildman–Crippen LogP) is 1.25. The van der Waals surface area contributed by atoms with Gasteiger partial charge in [0.15, 0.2) is 0 Å². The van der Waals surface area contributed by atoms with Gasteiger partial charge in [-0.3, -0.25) is 4.79 Å². The van der Waals surface area contributed by atoms with Crippen LogP contribution in [0, 0.1) is 0 Å². The van der Waals surface area contributed by atoms with Crippen molar-refractivity contribution in [2.45, 2.75) is 13.0 Å². The molecule has 0 spiro atoms. The second-order valence-electron chi connectivity index (χ2n) is 4.48. The minimum absolute atomic E-state index is 0.0465. The van der Waals surface area contributed by atoms with E-state index < -0.39 is 0 Å². The molecule has 1 amide bonds. The fourth-order valence-electron chi connectivity index (χ4n) is 2.15. The van der Waals surface area contributed by atoms with Crippen LogP contribution in [0.4, 0.5) is 0 Å². The van der Waals surface area contributed by atoms with Gasteiger partial charge in [0, 0.05) is 37.5 Å². The number of fused-ring (bicyclic) bond motifs is 1. The molecule has 0 bridgehead atoms. The molecule has 0 aliphatic carbocycles. The Hall–Kier alpha value is -2.30. The Kier molecular flexibility index (Phi) is 3.18. The van der Waals surface area contributed by atoms with E-state index in [1.165, 1.54) is 0 Å². The van der Waals surface area contributed by atoms with Crippen molar-refractivity contribution in [2.24, 2.45) is 0 Å². The van der Waals surface area contributed by atoms with Gasteiger partial charge in [0.05, 0.1) is 12.9 Å². The lowest BCUT2D eigenvalue weighted by molar-refractivity contribution is 0.0952. The lowest BCUT2D eigenvalue weighted by Gasteiger charge is -2.07. The smallest absolute Gasteiger partial charge is 0.251 e. The number of carbonyl (C=O) groups is 1. The quantitative estimate of drug-likeness (QED) is 0.896. The summed E-state index contributed by atoms with van der Waals surface area (Å²) in [6, 6.07) is 5.58. The van der Waals surface area contributed by atoms with E-state index in [-0.39, 0.29) is 5.91 Å². The van der Waals surface area contributed by atoms with Crippen LogP contribution in [-0.2, 0) is 13.0 Å². The van der Waals surface area contributed by atoms with Gasteiger partial charge >= 0.3 is 0 Å². The number of hydrogen-bond acceptors (Lipinski definition) is 3. The molecular formula is C14H15N3O2. The number of ether oxygens (including phenoxy) is 1. The number of aromatic nitrogens is 2. The van der Waals surface area contributed by atoms with Gasteiger partial charge in [0.1, 0.15) is 5.75 Å². The first-order valence-electron chi connectivity index (χ1n) is 6.32. The molecule has 0 fully saturated rings. The second-order valence-corrected chi connectivity index (χ2v) is 4.48. The number of benzene rings is 1. The summed E-state index contributed by atoms with van der Waals surface area (Å²) in [7, 11) is 0. The maximum Gasteiger partial charge on any atom is 0.251 e. The van der Waals surface area contributed by atoms with E-state index in [9.17, 15) is 4.79 Å². The zero-order valence-electron chi connectivity index (χ0n) is 10.5. The van der Waals surface area contributed by atoms with Gasteiger partial charge in [-0.2, -0.15) is 0 Å². The summed E-state index contributed by atoms with van der Waals surface area (Å²) in [5, 5.41) is 2.90. The molecule has 2 aromatic rings. The molecule has 5 heteroatoms. The average Bonchev–Trinajstić information content (AvgIpc) is 3.08. The van der Waals surface area contributed by atoms with Crippen molar-refractivity contribution in [1.82, 2.24) is 14.9 Å². The Labute approximate surface area is 111 Å². The highest BCUT2D eigenvalue weighted by Gasteiger charge is 2.14. The van der Waals surface area contributed by atoms with E-state index in [2.05, 4.69) is 10.3 Å². The molecule has 0 atom stereocenters. The van der Waals surface area contributed by atoms with Crippen LogP contribution in [0.3, 0.4) is 0 Å². The molecule has 0 unspecified atom stereocenters. The summed E-state index contributed by atoms with van der Waals surface area (Å²) in [4.78, 5) is 15.9. The summed E-state index contributed by atoms with van der Waals surface area (Å²) < 4.78 is 7.35. The molecule has 98 valence electrons. The molecule has 0 saturated carbocycles. The maximum absolute atomic E-state index is 12.0. The van der Waals surface area contributed by atoms with Crippen LogP contribution in [0.5, 0.6) is 5.75 Å². The summed E-state index contributed by atoms with van der Waals surface area (Å²) in [6.07, 6.45) is 6.21. The molecule has 0 radical (unpaired) electrons. The standard InChI is InChI=1S/C14H15N3O2/c18-14(16-5-7-17-6-4-15-10-17)12-1-2-13-11(9-12)3-8-19-13/h1-2,4,6,9-10H,3,5,7-8H2,(H,16,18). The molecule has 1 aromatic heterocycles. The van der Waals surface area contributed by atoms with Gasteiger partial charge in [-0.15, -0.1) is 0 Å². The van der Waals surface area contributed by atoms with Crippen LogP contribution in [0.15, 0.2) is 36.9 Å². The largest absolute Gasteiger partial charge is 0.493 e. The van der Waals surface area contributed by atoms with Gasteiger partial charge < -0.3 is 14.6 Å². The minimum atomic E-state index is -0.0465. The molecule has 1 N–H and O–H groups in total. The van der Waals surface area contributed by atoms with E-state index in [0.29, 0.717) is 18.7 Å². The van der Waals surface area contributed by atoms with Gasteiger partial charge in [-0.05, 0) is 23.8 Å². The number of nitrogens with zero attached hydrogens (tertiary/aromatic N) is 2. The predicted molar refractivity (Wildman–Crippen MR) is 70.2 cm³/mol. The van der Waals surface area contributed by atoms with Crippen LogP contribution >= 0.6 is 0 Å². The van der Waals surface area contributed by atoms with Gasteiger partial charge in [-0.25, -0.2) is 4.98 Å². The number of carbonyl (C=O) groups excluding carboxylic acids is 1. The highest BCUT2D eigenvalue weighted by atomic mass is 16.5. The summed E-state index contributed by atoms with van der Waals surface area (Å²) in [5.74, 6) is 0.852. The average molecular weight is 257 g/mol. The summed E-state index contributed by atoms with van der Waals surface area (Å²) in [6.45, 7) is 2.02. The molecule has 2 heterocycles. The number of nitrogens with one attached hydrogen (secondary N) is 1. The van der Waals surface area contributed by atoms with E-state index in [1.54, 1.807) is 18.6 Å².